The first kappa shape index (κ1) is 22.1. The summed E-state index contributed by atoms with van der Waals surface area (Å²) in [5.74, 6) is -4.56. The largest absolute Gasteiger partial charge is 0.475 e. The van der Waals surface area contributed by atoms with Gasteiger partial charge in [-0.15, -0.1) is 0 Å². The molecule has 2 N–H and O–H groups in total. The zero-order chi connectivity index (χ0) is 21.2. The van der Waals surface area contributed by atoms with E-state index < -0.39 is 36.1 Å². The van der Waals surface area contributed by atoms with Gasteiger partial charge in [-0.25, -0.2) is 4.79 Å². The number of carbonyl (C=O) groups excluding carboxylic acids is 3. The minimum Gasteiger partial charge on any atom is -0.475 e. The Morgan fingerprint density at radius 3 is 2.48 bits per heavy atom. The molecule has 0 aliphatic heterocycles. The third-order valence-electron chi connectivity index (χ3n) is 4.50. The van der Waals surface area contributed by atoms with Gasteiger partial charge in [-0.3, -0.25) is 14.4 Å². The summed E-state index contributed by atoms with van der Waals surface area (Å²) >= 11 is 0. The first-order valence-electron chi connectivity index (χ1n) is 9.57. The van der Waals surface area contributed by atoms with E-state index in [-0.39, 0.29) is 19.4 Å². The van der Waals surface area contributed by atoms with Gasteiger partial charge in [0.25, 0.3) is 5.78 Å². The number of fused-ring (bicyclic) bond motifs is 1. The molecule has 2 aromatic rings. The number of ether oxygens (including phenoxy) is 1. The maximum atomic E-state index is 12.5. The zero-order valence-corrected chi connectivity index (χ0v) is 16.3. The number of carboxylic acid groups (broad SMARTS) is 1. The average molecular weight is 399 g/mol. The lowest BCUT2D eigenvalue weighted by Crippen LogP contribution is -2.38. The Labute approximate surface area is 169 Å². The lowest BCUT2D eigenvalue weighted by atomic mass is 9.93. The van der Waals surface area contributed by atoms with E-state index in [0.29, 0.717) is 0 Å². The van der Waals surface area contributed by atoms with Crippen LogP contribution in [0.25, 0.3) is 10.8 Å². The number of nitrogens with one attached hydrogen (secondary N) is 1. The molecule has 0 radical (unpaired) electrons. The summed E-state index contributed by atoms with van der Waals surface area (Å²) in [7, 11) is 0. The number of unbranched alkanes of at least 4 members (excludes halogenated alkanes) is 1. The van der Waals surface area contributed by atoms with E-state index >= 15 is 0 Å². The van der Waals surface area contributed by atoms with E-state index in [1.54, 1.807) is 0 Å². The van der Waals surface area contributed by atoms with Crippen molar-refractivity contribution >= 4 is 34.4 Å². The van der Waals surface area contributed by atoms with Crippen LogP contribution in [0.3, 0.4) is 0 Å². The van der Waals surface area contributed by atoms with Gasteiger partial charge in [0.15, 0.2) is 0 Å². The van der Waals surface area contributed by atoms with Gasteiger partial charge in [-0.05, 0) is 29.2 Å². The summed E-state index contributed by atoms with van der Waals surface area (Å²) in [4.78, 5) is 46.6. The van der Waals surface area contributed by atoms with Gasteiger partial charge >= 0.3 is 11.9 Å². The van der Waals surface area contributed by atoms with E-state index in [4.69, 9.17) is 9.84 Å². The van der Waals surface area contributed by atoms with Crippen LogP contribution >= 0.6 is 0 Å². The highest BCUT2D eigenvalue weighted by Gasteiger charge is 2.24. The number of carbonyl (C=O) groups is 4. The summed E-state index contributed by atoms with van der Waals surface area (Å²) in [5.41, 5.74) is 0.856. The van der Waals surface area contributed by atoms with Crippen LogP contribution < -0.4 is 5.32 Å². The third kappa shape index (κ3) is 7.03. The normalized spacial score (nSPS) is 11.6. The molecule has 0 saturated heterocycles. The Morgan fingerprint density at radius 2 is 1.79 bits per heavy atom. The molecule has 0 fully saturated rings. The highest BCUT2D eigenvalue weighted by Crippen LogP contribution is 2.20. The Hall–Kier alpha value is -3.22. The minimum atomic E-state index is -1.62. The lowest BCUT2D eigenvalue weighted by Gasteiger charge is -2.16. The number of Topliss-reactive ketones (excluding diaryl/α,β-unsaturated/α-hetero) is 1. The molecule has 2 rings (SSSR count). The predicted octanol–water partition coefficient (Wildman–Crippen LogP) is 2.50. The van der Waals surface area contributed by atoms with Gasteiger partial charge in [-0.1, -0.05) is 55.8 Å². The zero-order valence-electron chi connectivity index (χ0n) is 16.3. The number of rotatable bonds is 11. The second-order valence-corrected chi connectivity index (χ2v) is 6.81. The molecule has 154 valence electrons. The predicted molar refractivity (Wildman–Crippen MR) is 107 cm³/mol. The van der Waals surface area contributed by atoms with Gasteiger partial charge in [-0.2, -0.15) is 0 Å². The van der Waals surface area contributed by atoms with Crippen molar-refractivity contribution in [2.24, 2.45) is 5.92 Å². The van der Waals surface area contributed by atoms with Crippen molar-refractivity contribution < 1.29 is 29.0 Å². The number of hydrogen-bond acceptors (Lipinski definition) is 5. The third-order valence-corrected chi connectivity index (χ3v) is 4.50. The first-order chi connectivity index (χ1) is 13.9. The van der Waals surface area contributed by atoms with E-state index in [2.05, 4.69) is 5.32 Å². The van der Waals surface area contributed by atoms with Gasteiger partial charge in [0.1, 0.15) is 0 Å². The monoisotopic (exact) mass is 399 g/mol. The summed E-state index contributed by atoms with van der Waals surface area (Å²) in [6.45, 7) is 1.65. The van der Waals surface area contributed by atoms with Crippen LogP contribution in [0.2, 0.25) is 0 Å². The quantitative estimate of drug-likeness (QED) is 0.341. The Bertz CT molecular complexity index is 892. The Balaban J connectivity index is 2.11. The molecular weight excluding hydrogens is 374 g/mol. The van der Waals surface area contributed by atoms with Crippen molar-refractivity contribution in [2.45, 2.75) is 32.6 Å². The molecular formula is C22H25NO6. The molecule has 0 heterocycles. The van der Waals surface area contributed by atoms with Crippen LogP contribution in [-0.2, 0) is 30.3 Å². The smallest absolute Gasteiger partial charge is 0.374 e. The van der Waals surface area contributed by atoms with Gasteiger partial charge in [0.2, 0.25) is 5.91 Å². The molecule has 7 nitrogen and oxygen atoms in total. The van der Waals surface area contributed by atoms with Gasteiger partial charge in [0, 0.05) is 0 Å². The molecule has 1 unspecified atom stereocenters. The Morgan fingerprint density at radius 1 is 1.07 bits per heavy atom. The van der Waals surface area contributed by atoms with Gasteiger partial charge < -0.3 is 15.2 Å². The standard InChI is InChI=1S/C22H25NO6/c1-2-3-10-29-20(25)13-18(21(26)23-14-19(24)22(27)28)12-15-8-9-16-6-4-5-7-17(16)11-15/h4-9,11,18H,2-3,10,12-14H2,1H3,(H,23,26)(H,27,28). The SMILES string of the molecule is CCCCOC(=O)CC(Cc1ccc2ccccc2c1)C(=O)NCC(=O)C(=O)O. The van der Waals surface area contributed by atoms with Crippen LogP contribution in [-0.4, -0.2) is 41.9 Å². The molecule has 0 aliphatic carbocycles. The van der Waals surface area contributed by atoms with Crippen LogP contribution in [0, 0.1) is 5.92 Å². The maximum absolute atomic E-state index is 12.5. The lowest BCUT2D eigenvalue weighted by molar-refractivity contribution is -0.149. The highest BCUT2D eigenvalue weighted by molar-refractivity contribution is 6.33. The van der Waals surface area contributed by atoms with Crippen molar-refractivity contribution in [1.29, 1.82) is 0 Å². The summed E-state index contributed by atoms with van der Waals surface area (Å²) in [5, 5.41) is 13.0. The van der Waals surface area contributed by atoms with Gasteiger partial charge in [0.05, 0.1) is 25.5 Å². The van der Waals surface area contributed by atoms with Crippen LogP contribution in [0.15, 0.2) is 42.5 Å². The number of esters is 1. The number of amides is 1. The van der Waals surface area contributed by atoms with Crippen molar-refractivity contribution in [2.75, 3.05) is 13.2 Å². The van der Waals surface area contributed by atoms with Crippen LogP contribution in [0.1, 0.15) is 31.7 Å². The van der Waals surface area contributed by atoms with Crippen LogP contribution in [0.5, 0.6) is 0 Å². The molecule has 1 amide bonds. The Kier molecular flexibility index (Phi) is 8.33. The fraction of sp³-hybridized carbons (Fsp3) is 0.364. The molecule has 2 aromatic carbocycles. The molecule has 0 aromatic heterocycles. The number of ketones is 1. The first-order valence-corrected chi connectivity index (χ1v) is 9.57. The highest BCUT2D eigenvalue weighted by atomic mass is 16.5. The summed E-state index contributed by atoms with van der Waals surface area (Å²) < 4.78 is 5.15. The molecule has 1 atom stereocenters. The number of carboxylic acids is 1. The van der Waals surface area contributed by atoms with Crippen molar-refractivity contribution in [1.82, 2.24) is 5.32 Å². The van der Waals surface area contributed by atoms with E-state index in [1.165, 1.54) is 0 Å². The summed E-state index contributed by atoms with van der Waals surface area (Å²) in [6, 6.07) is 13.5. The van der Waals surface area contributed by atoms with Crippen LogP contribution in [0.4, 0.5) is 0 Å². The van der Waals surface area contributed by atoms with Crippen molar-refractivity contribution in [3.8, 4) is 0 Å². The topological polar surface area (TPSA) is 110 Å². The molecule has 0 saturated carbocycles. The number of benzene rings is 2. The summed E-state index contributed by atoms with van der Waals surface area (Å²) in [6.07, 6.45) is 1.73. The average Bonchev–Trinajstić information content (AvgIpc) is 2.71. The number of aliphatic carboxylic acids is 1. The molecule has 0 spiro atoms. The van der Waals surface area contributed by atoms with E-state index in [0.717, 1.165) is 29.2 Å². The molecule has 29 heavy (non-hydrogen) atoms. The van der Waals surface area contributed by atoms with Crippen molar-refractivity contribution in [3.05, 3.63) is 48.0 Å². The fourth-order valence-electron chi connectivity index (χ4n) is 2.89. The van der Waals surface area contributed by atoms with E-state index in [1.807, 2.05) is 49.4 Å². The minimum absolute atomic E-state index is 0.149. The fourth-order valence-corrected chi connectivity index (χ4v) is 2.89. The molecule has 7 heteroatoms. The molecule has 0 aliphatic rings. The van der Waals surface area contributed by atoms with Crippen molar-refractivity contribution in [3.63, 3.8) is 0 Å². The number of hydrogen-bond donors (Lipinski definition) is 2. The second kappa shape index (κ2) is 10.9. The molecule has 0 bridgehead atoms. The maximum Gasteiger partial charge on any atom is 0.374 e. The second-order valence-electron chi connectivity index (χ2n) is 6.81. The van der Waals surface area contributed by atoms with E-state index in [9.17, 15) is 19.2 Å².